The minimum Gasteiger partial charge on any atom is -0.351 e. The zero-order valence-electron chi connectivity index (χ0n) is 14.8. The van der Waals surface area contributed by atoms with Crippen LogP contribution in [0.2, 0.25) is 5.15 Å². The zero-order valence-corrected chi connectivity index (χ0v) is 15.6. The van der Waals surface area contributed by atoms with E-state index in [2.05, 4.69) is 60.4 Å². The highest BCUT2D eigenvalue weighted by molar-refractivity contribution is 6.29. The van der Waals surface area contributed by atoms with Crippen LogP contribution in [0.15, 0.2) is 36.4 Å². The van der Waals surface area contributed by atoms with E-state index in [4.69, 9.17) is 11.6 Å². The maximum atomic E-state index is 11.4. The predicted molar refractivity (Wildman–Crippen MR) is 99.7 cm³/mol. The first-order chi connectivity index (χ1) is 11.8. The largest absolute Gasteiger partial charge is 0.351 e. The number of aromatic nitrogens is 3. The first-order valence-electron chi connectivity index (χ1n) is 8.15. The molecule has 0 atom stereocenters. The first-order valence-corrected chi connectivity index (χ1v) is 8.53. The third-order valence-corrected chi connectivity index (χ3v) is 4.27. The minimum absolute atomic E-state index is 0.0888. The fourth-order valence-corrected chi connectivity index (χ4v) is 2.82. The zero-order chi connectivity index (χ0) is 18.2. The topological polar surface area (TPSA) is 59.3 Å². The summed E-state index contributed by atoms with van der Waals surface area (Å²) in [4.78, 5) is 16.0. The molecule has 0 aliphatic heterocycles. The van der Waals surface area contributed by atoms with Crippen LogP contribution in [-0.2, 0) is 16.8 Å². The number of halogens is 1. The van der Waals surface area contributed by atoms with E-state index >= 15 is 0 Å². The second-order valence-electron chi connectivity index (χ2n) is 7.07. The Morgan fingerprint density at radius 1 is 1.16 bits per heavy atom. The molecule has 0 aliphatic carbocycles. The number of amides is 1. The van der Waals surface area contributed by atoms with Crippen molar-refractivity contribution in [3.63, 3.8) is 0 Å². The van der Waals surface area contributed by atoms with E-state index in [1.165, 1.54) is 12.5 Å². The summed E-state index contributed by atoms with van der Waals surface area (Å²) in [7, 11) is 0. The molecule has 25 heavy (non-hydrogen) atoms. The Balaban J connectivity index is 2.11. The molecule has 1 amide bonds. The van der Waals surface area contributed by atoms with Gasteiger partial charge in [0.1, 0.15) is 5.15 Å². The summed E-state index contributed by atoms with van der Waals surface area (Å²) in [6.07, 6.45) is 0. The lowest BCUT2D eigenvalue weighted by Crippen LogP contribution is -2.20. The monoisotopic (exact) mass is 356 g/mol. The Hall–Kier alpha value is -2.40. The molecule has 0 aliphatic rings. The standard InChI is InChI=1S/C19H21ClN4O/c1-12(25)21-11-15-18(22-17-10-9-16(20)23-24(15)17)13-5-7-14(8-6-13)19(2,3)4/h5-10H,11H2,1-4H3,(H,21,25). The number of nitrogens with one attached hydrogen (secondary N) is 1. The number of fused-ring (bicyclic) bond motifs is 1. The lowest BCUT2D eigenvalue weighted by Gasteiger charge is -2.19. The van der Waals surface area contributed by atoms with E-state index < -0.39 is 0 Å². The van der Waals surface area contributed by atoms with Gasteiger partial charge in [0, 0.05) is 12.5 Å². The van der Waals surface area contributed by atoms with Crippen molar-refractivity contribution < 1.29 is 4.79 Å². The highest BCUT2D eigenvalue weighted by Gasteiger charge is 2.18. The van der Waals surface area contributed by atoms with E-state index in [0.29, 0.717) is 17.3 Å². The van der Waals surface area contributed by atoms with E-state index in [1.54, 1.807) is 10.6 Å². The molecule has 0 fully saturated rings. The summed E-state index contributed by atoms with van der Waals surface area (Å²) >= 11 is 6.03. The number of nitrogens with zero attached hydrogens (tertiary/aromatic N) is 3. The molecule has 2 aromatic heterocycles. The van der Waals surface area contributed by atoms with E-state index in [0.717, 1.165) is 17.0 Å². The van der Waals surface area contributed by atoms with Crippen LogP contribution in [-0.4, -0.2) is 20.5 Å². The minimum atomic E-state index is -0.106. The number of benzene rings is 1. The quantitative estimate of drug-likeness (QED) is 0.772. The number of rotatable bonds is 3. The van der Waals surface area contributed by atoms with Gasteiger partial charge in [0.25, 0.3) is 0 Å². The van der Waals surface area contributed by atoms with Crippen molar-refractivity contribution in [3.05, 3.63) is 52.8 Å². The maximum Gasteiger partial charge on any atom is 0.217 e. The SMILES string of the molecule is CC(=O)NCc1c(-c2ccc(C(C)(C)C)cc2)nc2ccc(Cl)nn12. The fourth-order valence-electron chi connectivity index (χ4n) is 2.68. The van der Waals surface area contributed by atoms with Crippen molar-refractivity contribution in [1.82, 2.24) is 19.9 Å². The van der Waals surface area contributed by atoms with E-state index in [-0.39, 0.29) is 11.3 Å². The molecule has 5 nitrogen and oxygen atoms in total. The first kappa shape index (κ1) is 17.4. The third-order valence-electron chi connectivity index (χ3n) is 4.07. The highest BCUT2D eigenvalue weighted by Crippen LogP contribution is 2.28. The molecule has 3 rings (SSSR count). The number of imidazole rings is 1. The molecule has 2 heterocycles. The van der Waals surface area contributed by atoms with Gasteiger partial charge in [0.05, 0.1) is 17.9 Å². The van der Waals surface area contributed by atoms with Gasteiger partial charge in [0.2, 0.25) is 5.91 Å². The Bertz CT molecular complexity index is 923. The van der Waals surface area contributed by atoms with Gasteiger partial charge in [-0.05, 0) is 23.1 Å². The average molecular weight is 357 g/mol. The Labute approximate surface area is 152 Å². The van der Waals surface area contributed by atoms with Crippen molar-refractivity contribution in [3.8, 4) is 11.3 Å². The van der Waals surface area contributed by atoms with E-state index in [1.807, 2.05) is 6.07 Å². The summed E-state index contributed by atoms with van der Waals surface area (Å²) in [5.74, 6) is -0.106. The number of carbonyl (C=O) groups is 1. The van der Waals surface area contributed by atoms with Crippen molar-refractivity contribution in [2.45, 2.75) is 39.7 Å². The third kappa shape index (κ3) is 3.66. The normalized spacial score (nSPS) is 11.7. The van der Waals surface area contributed by atoms with Crippen LogP contribution in [0.5, 0.6) is 0 Å². The van der Waals surface area contributed by atoms with Crippen molar-refractivity contribution in [2.24, 2.45) is 0 Å². The molecule has 1 aromatic carbocycles. The lowest BCUT2D eigenvalue weighted by atomic mass is 9.86. The van der Waals surface area contributed by atoms with Crippen molar-refractivity contribution >= 4 is 23.2 Å². The lowest BCUT2D eigenvalue weighted by molar-refractivity contribution is -0.119. The van der Waals surface area contributed by atoms with Crippen molar-refractivity contribution in [2.75, 3.05) is 0 Å². The molecule has 130 valence electrons. The van der Waals surface area contributed by atoms with Crippen LogP contribution >= 0.6 is 11.6 Å². The molecule has 0 unspecified atom stereocenters. The summed E-state index contributed by atoms with van der Waals surface area (Å²) < 4.78 is 1.69. The Kier molecular flexibility index (Phi) is 4.52. The van der Waals surface area contributed by atoms with Crippen LogP contribution in [0.1, 0.15) is 39.0 Å². The summed E-state index contributed by atoms with van der Waals surface area (Å²) in [6.45, 7) is 8.37. The smallest absolute Gasteiger partial charge is 0.217 e. The molecule has 0 bridgehead atoms. The second-order valence-corrected chi connectivity index (χ2v) is 7.46. The molecular formula is C19H21ClN4O. The summed E-state index contributed by atoms with van der Waals surface area (Å²) in [5.41, 5.74) is 4.62. The molecule has 6 heteroatoms. The maximum absolute atomic E-state index is 11.4. The highest BCUT2D eigenvalue weighted by atomic mass is 35.5. The van der Waals surface area contributed by atoms with E-state index in [9.17, 15) is 4.79 Å². The van der Waals surface area contributed by atoms with Crippen LogP contribution < -0.4 is 5.32 Å². The average Bonchev–Trinajstić information content (AvgIpc) is 2.90. The molecule has 0 saturated carbocycles. The number of carbonyl (C=O) groups excluding carboxylic acids is 1. The van der Waals surface area contributed by atoms with Gasteiger partial charge in [-0.3, -0.25) is 4.79 Å². The summed E-state index contributed by atoms with van der Waals surface area (Å²) in [5, 5.41) is 7.53. The molecule has 0 spiro atoms. The van der Waals surface area contributed by atoms with Crippen LogP contribution in [0.25, 0.3) is 16.9 Å². The predicted octanol–water partition coefficient (Wildman–Crippen LogP) is 3.98. The second kappa shape index (κ2) is 6.48. The van der Waals surface area contributed by atoms with Gasteiger partial charge >= 0.3 is 0 Å². The van der Waals surface area contributed by atoms with Gasteiger partial charge in [0.15, 0.2) is 5.65 Å². The Morgan fingerprint density at radius 3 is 2.44 bits per heavy atom. The van der Waals surface area contributed by atoms with Gasteiger partial charge < -0.3 is 5.32 Å². The van der Waals surface area contributed by atoms with Gasteiger partial charge in [-0.25, -0.2) is 9.50 Å². The molecule has 1 N–H and O–H groups in total. The van der Waals surface area contributed by atoms with Crippen LogP contribution in [0.3, 0.4) is 0 Å². The van der Waals surface area contributed by atoms with Gasteiger partial charge in [-0.2, -0.15) is 5.10 Å². The Morgan fingerprint density at radius 2 is 1.84 bits per heavy atom. The number of hydrogen-bond acceptors (Lipinski definition) is 3. The molecular weight excluding hydrogens is 336 g/mol. The van der Waals surface area contributed by atoms with Crippen LogP contribution in [0.4, 0.5) is 0 Å². The van der Waals surface area contributed by atoms with Crippen molar-refractivity contribution in [1.29, 1.82) is 0 Å². The van der Waals surface area contributed by atoms with Gasteiger partial charge in [-0.15, -0.1) is 0 Å². The summed E-state index contributed by atoms with van der Waals surface area (Å²) in [6, 6.07) is 11.9. The molecule has 0 radical (unpaired) electrons. The van der Waals surface area contributed by atoms with Gasteiger partial charge in [-0.1, -0.05) is 56.6 Å². The number of hydrogen-bond donors (Lipinski definition) is 1. The molecule has 0 saturated heterocycles. The fraction of sp³-hybridized carbons (Fsp3) is 0.316. The van der Waals surface area contributed by atoms with Crippen LogP contribution in [0, 0.1) is 0 Å². The molecule has 3 aromatic rings.